The third-order valence-corrected chi connectivity index (χ3v) is 5.24. The summed E-state index contributed by atoms with van der Waals surface area (Å²) in [5.74, 6) is 0.497. The number of carbonyl (C=O) groups excluding carboxylic acids is 1. The van der Waals surface area contributed by atoms with Crippen molar-refractivity contribution in [2.24, 2.45) is 0 Å². The summed E-state index contributed by atoms with van der Waals surface area (Å²) in [4.78, 5) is 14.8. The first-order valence-corrected chi connectivity index (χ1v) is 9.15. The minimum absolute atomic E-state index is 0.0294. The van der Waals surface area contributed by atoms with Crippen LogP contribution in [0.2, 0.25) is 0 Å². The normalized spacial score (nSPS) is 11.9. The molecule has 0 unspecified atom stereocenters. The van der Waals surface area contributed by atoms with Gasteiger partial charge in [-0.3, -0.25) is 9.00 Å². The quantitative estimate of drug-likeness (QED) is 0.845. The van der Waals surface area contributed by atoms with E-state index in [0.29, 0.717) is 18.0 Å². The number of nitrogens with one attached hydrogen (secondary N) is 1. The molecule has 4 nitrogen and oxygen atoms in total. The molecular formula is C16H19NO3S2. The van der Waals surface area contributed by atoms with Crippen LogP contribution in [0.3, 0.4) is 0 Å². The van der Waals surface area contributed by atoms with Crippen molar-refractivity contribution in [3.8, 4) is 5.75 Å². The van der Waals surface area contributed by atoms with Crippen molar-refractivity contribution in [1.29, 1.82) is 0 Å². The third-order valence-electron chi connectivity index (χ3n) is 2.92. The Balaban J connectivity index is 1.83. The molecule has 0 aliphatic rings. The summed E-state index contributed by atoms with van der Waals surface area (Å²) < 4.78 is 17.5. The molecule has 0 aliphatic carbocycles. The maximum atomic E-state index is 12.2. The van der Waals surface area contributed by atoms with Crippen LogP contribution in [0.15, 0.2) is 41.3 Å². The first kappa shape index (κ1) is 16.7. The van der Waals surface area contributed by atoms with Gasteiger partial charge in [-0.15, -0.1) is 11.3 Å². The second-order valence-electron chi connectivity index (χ2n) is 4.68. The highest BCUT2D eigenvalue weighted by atomic mass is 32.2. The summed E-state index contributed by atoms with van der Waals surface area (Å²) in [7, 11) is -1.34. The lowest BCUT2D eigenvalue weighted by Gasteiger charge is -2.06. The smallest absolute Gasteiger partial charge is 0.233 e. The topological polar surface area (TPSA) is 55.4 Å². The molecule has 22 heavy (non-hydrogen) atoms. The Hall–Kier alpha value is -1.66. The third kappa shape index (κ3) is 4.96. The summed E-state index contributed by atoms with van der Waals surface area (Å²) in [6.07, 6.45) is 0. The summed E-state index contributed by atoms with van der Waals surface area (Å²) >= 11 is 1.65. The van der Waals surface area contributed by atoms with Crippen LogP contribution in [0.4, 0.5) is 0 Å². The van der Waals surface area contributed by atoms with Crippen LogP contribution in [0.25, 0.3) is 0 Å². The minimum atomic E-state index is -1.34. The molecule has 1 amide bonds. The molecule has 1 aromatic carbocycles. The number of ether oxygens (including phenoxy) is 1. The Kier molecular flexibility index (Phi) is 6.15. The fourth-order valence-electron chi connectivity index (χ4n) is 1.87. The average Bonchev–Trinajstić information content (AvgIpc) is 2.92. The number of hydrogen-bond acceptors (Lipinski definition) is 4. The fraction of sp³-hybridized carbons (Fsp3) is 0.312. The molecule has 0 aliphatic heterocycles. The van der Waals surface area contributed by atoms with Gasteiger partial charge in [-0.1, -0.05) is 0 Å². The lowest BCUT2D eigenvalue weighted by molar-refractivity contribution is -0.118. The molecule has 1 N–H and O–H groups in total. The molecule has 2 rings (SSSR count). The van der Waals surface area contributed by atoms with Gasteiger partial charge in [-0.25, -0.2) is 0 Å². The standard InChI is InChI=1S/C16H19NO3S2/c1-3-20-13-5-8-15(9-6-13)22(19)11-16(18)17-10-14-7-4-12(2)21-14/h4-9H,3,10-11H2,1-2H3,(H,17,18)/t22-/m0/s1. The number of hydrogen-bond donors (Lipinski definition) is 1. The minimum Gasteiger partial charge on any atom is -0.494 e. The zero-order chi connectivity index (χ0) is 15.9. The molecule has 0 saturated carbocycles. The highest BCUT2D eigenvalue weighted by molar-refractivity contribution is 7.85. The molecule has 0 radical (unpaired) electrons. The number of thiophene rings is 1. The summed E-state index contributed by atoms with van der Waals surface area (Å²) in [6, 6.07) is 11.0. The van der Waals surface area contributed by atoms with E-state index in [4.69, 9.17) is 4.74 Å². The van der Waals surface area contributed by atoms with E-state index in [9.17, 15) is 9.00 Å². The second kappa shape index (κ2) is 8.10. The number of carbonyl (C=O) groups is 1. The predicted molar refractivity (Wildman–Crippen MR) is 89.8 cm³/mol. The molecule has 0 fully saturated rings. The van der Waals surface area contributed by atoms with Gasteiger partial charge in [0.15, 0.2) is 0 Å². The molecule has 1 aromatic heterocycles. The first-order chi connectivity index (χ1) is 10.6. The maximum Gasteiger partial charge on any atom is 0.233 e. The van der Waals surface area contributed by atoms with Gasteiger partial charge in [0.2, 0.25) is 5.91 Å². The van der Waals surface area contributed by atoms with Crippen LogP contribution in [0.5, 0.6) is 5.75 Å². The van der Waals surface area contributed by atoms with Crippen LogP contribution in [0, 0.1) is 6.92 Å². The zero-order valence-electron chi connectivity index (χ0n) is 12.6. The Morgan fingerprint density at radius 3 is 2.55 bits per heavy atom. The van der Waals surface area contributed by atoms with Crippen molar-refractivity contribution < 1.29 is 13.7 Å². The summed E-state index contributed by atoms with van der Waals surface area (Å²) in [5, 5.41) is 2.80. The Labute approximate surface area is 137 Å². The molecular weight excluding hydrogens is 318 g/mol. The lowest BCUT2D eigenvalue weighted by atomic mass is 10.3. The second-order valence-corrected chi connectivity index (χ2v) is 7.51. The van der Waals surface area contributed by atoms with Gasteiger partial charge < -0.3 is 10.1 Å². The zero-order valence-corrected chi connectivity index (χ0v) is 14.3. The van der Waals surface area contributed by atoms with Crippen LogP contribution in [-0.4, -0.2) is 22.5 Å². The first-order valence-electron chi connectivity index (χ1n) is 7.01. The van der Waals surface area contributed by atoms with Crippen LogP contribution >= 0.6 is 11.3 Å². The highest BCUT2D eigenvalue weighted by Crippen LogP contribution is 2.16. The van der Waals surface area contributed by atoms with Crippen molar-refractivity contribution >= 4 is 28.0 Å². The van der Waals surface area contributed by atoms with E-state index < -0.39 is 10.8 Å². The van der Waals surface area contributed by atoms with E-state index in [-0.39, 0.29) is 11.7 Å². The van der Waals surface area contributed by atoms with E-state index in [0.717, 1.165) is 10.6 Å². The van der Waals surface area contributed by atoms with Crippen molar-refractivity contribution in [1.82, 2.24) is 5.32 Å². The lowest BCUT2D eigenvalue weighted by Crippen LogP contribution is -2.27. The van der Waals surface area contributed by atoms with Gasteiger partial charge in [0, 0.05) is 14.6 Å². The molecule has 0 saturated heterocycles. The van der Waals surface area contributed by atoms with Gasteiger partial charge in [0.05, 0.1) is 24.0 Å². The molecule has 1 heterocycles. The van der Waals surface area contributed by atoms with Crippen molar-refractivity contribution in [3.63, 3.8) is 0 Å². The maximum absolute atomic E-state index is 12.2. The molecule has 0 bridgehead atoms. The van der Waals surface area contributed by atoms with E-state index in [2.05, 4.69) is 5.32 Å². The average molecular weight is 337 g/mol. The van der Waals surface area contributed by atoms with E-state index in [1.54, 1.807) is 35.6 Å². The van der Waals surface area contributed by atoms with E-state index >= 15 is 0 Å². The number of rotatable bonds is 7. The summed E-state index contributed by atoms with van der Waals surface area (Å²) in [6.45, 7) is 5.01. The SMILES string of the molecule is CCOc1ccc([S@@](=O)CC(=O)NCc2ccc(C)s2)cc1. The van der Waals surface area contributed by atoms with Crippen molar-refractivity contribution in [2.45, 2.75) is 25.3 Å². The number of aryl methyl sites for hydroxylation is 1. The van der Waals surface area contributed by atoms with Crippen LogP contribution < -0.4 is 10.1 Å². The van der Waals surface area contributed by atoms with Crippen LogP contribution in [-0.2, 0) is 22.1 Å². The molecule has 6 heteroatoms. The Bertz CT molecular complexity index is 650. The highest BCUT2D eigenvalue weighted by Gasteiger charge is 2.10. The van der Waals surface area contributed by atoms with Gasteiger partial charge in [-0.05, 0) is 50.2 Å². The van der Waals surface area contributed by atoms with E-state index in [1.165, 1.54) is 4.88 Å². The molecule has 0 spiro atoms. The monoisotopic (exact) mass is 337 g/mol. The van der Waals surface area contributed by atoms with Crippen LogP contribution in [0.1, 0.15) is 16.7 Å². The Morgan fingerprint density at radius 2 is 1.95 bits per heavy atom. The molecule has 118 valence electrons. The molecule has 2 aromatic rings. The van der Waals surface area contributed by atoms with Gasteiger partial charge >= 0.3 is 0 Å². The van der Waals surface area contributed by atoms with Crippen molar-refractivity contribution in [3.05, 3.63) is 46.2 Å². The molecule has 1 atom stereocenters. The Morgan fingerprint density at radius 1 is 1.23 bits per heavy atom. The largest absolute Gasteiger partial charge is 0.494 e. The van der Waals surface area contributed by atoms with Crippen molar-refractivity contribution in [2.75, 3.05) is 12.4 Å². The van der Waals surface area contributed by atoms with Gasteiger partial charge in [0.25, 0.3) is 0 Å². The number of amides is 1. The fourth-order valence-corrected chi connectivity index (χ4v) is 3.65. The van der Waals surface area contributed by atoms with Gasteiger partial charge in [-0.2, -0.15) is 0 Å². The predicted octanol–water partition coefficient (Wildman–Crippen LogP) is 2.88. The number of benzene rings is 1. The van der Waals surface area contributed by atoms with E-state index in [1.807, 2.05) is 26.0 Å². The summed E-state index contributed by atoms with van der Waals surface area (Å²) in [5.41, 5.74) is 0. The van der Waals surface area contributed by atoms with Gasteiger partial charge in [0.1, 0.15) is 11.5 Å².